The molecule has 1 aromatic heterocycles. The summed E-state index contributed by atoms with van der Waals surface area (Å²) in [5, 5.41) is 4.55. The van der Waals surface area contributed by atoms with E-state index in [1.807, 2.05) is 6.92 Å². The van der Waals surface area contributed by atoms with Gasteiger partial charge in [0.05, 0.1) is 11.9 Å². The highest BCUT2D eigenvalue weighted by Gasteiger charge is 2.25. The minimum absolute atomic E-state index is 0.157. The fourth-order valence-electron chi connectivity index (χ4n) is 2.80. The minimum Gasteiger partial charge on any atom is -0.369 e. The van der Waals surface area contributed by atoms with Gasteiger partial charge in [-0.2, -0.15) is 5.10 Å². The van der Waals surface area contributed by atoms with Crippen molar-refractivity contribution < 1.29 is 0 Å². The standard InChI is InChI=1S/C15H25ClN4O/c1-3-4-8-20-15(21)14(16)13(9-18-20)19-7-5-6-12(10-19)11(2)17/h9,11-12H,3-8,10,17H2,1-2H3. The molecule has 0 radical (unpaired) electrons. The zero-order valence-electron chi connectivity index (χ0n) is 12.9. The number of hydrogen-bond donors (Lipinski definition) is 1. The lowest BCUT2D eigenvalue weighted by molar-refractivity contribution is 0.364. The summed E-state index contributed by atoms with van der Waals surface area (Å²) in [6, 6.07) is 0.157. The van der Waals surface area contributed by atoms with Crippen LogP contribution in [0.3, 0.4) is 0 Å². The second-order valence-corrected chi connectivity index (χ2v) is 6.31. The van der Waals surface area contributed by atoms with Crippen molar-refractivity contribution in [3.05, 3.63) is 21.6 Å². The first-order valence-electron chi connectivity index (χ1n) is 7.80. The molecule has 2 unspecified atom stereocenters. The summed E-state index contributed by atoms with van der Waals surface area (Å²) in [7, 11) is 0. The molecule has 0 aromatic carbocycles. The van der Waals surface area contributed by atoms with Crippen molar-refractivity contribution in [1.29, 1.82) is 0 Å². The molecule has 2 N–H and O–H groups in total. The summed E-state index contributed by atoms with van der Waals surface area (Å²) in [6.45, 7) is 6.50. The van der Waals surface area contributed by atoms with Gasteiger partial charge >= 0.3 is 0 Å². The summed E-state index contributed by atoms with van der Waals surface area (Å²) >= 11 is 6.29. The van der Waals surface area contributed by atoms with Crippen LogP contribution in [0.1, 0.15) is 39.5 Å². The average Bonchev–Trinajstić information content (AvgIpc) is 2.49. The molecule has 1 aliphatic heterocycles. The van der Waals surface area contributed by atoms with E-state index < -0.39 is 0 Å². The highest BCUT2D eigenvalue weighted by atomic mass is 35.5. The molecule has 2 heterocycles. The van der Waals surface area contributed by atoms with Gasteiger partial charge in [-0.3, -0.25) is 4.79 Å². The Labute approximate surface area is 131 Å². The van der Waals surface area contributed by atoms with E-state index in [0.717, 1.165) is 44.5 Å². The van der Waals surface area contributed by atoms with E-state index in [2.05, 4.69) is 16.9 Å². The first-order valence-corrected chi connectivity index (χ1v) is 8.18. The van der Waals surface area contributed by atoms with Crippen molar-refractivity contribution in [2.75, 3.05) is 18.0 Å². The summed E-state index contributed by atoms with van der Waals surface area (Å²) < 4.78 is 1.46. The second-order valence-electron chi connectivity index (χ2n) is 5.93. The van der Waals surface area contributed by atoms with Gasteiger partial charge in [-0.1, -0.05) is 24.9 Å². The van der Waals surface area contributed by atoms with Crippen LogP contribution >= 0.6 is 11.6 Å². The zero-order chi connectivity index (χ0) is 15.4. The molecule has 1 fully saturated rings. The first-order chi connectivity index (χ1) is 10.0. The van der Waals surface area contributed by atoms with Crippen molar-refractivity contribution in [2.24, 2.45) is 11.7 Å². The van der Waals surface area contributed by atoms with Crippen molar-refractivity contribution in [2.45, 2.75) is 52.1 Å². The molecule has 1 aromatic rings. The molecule has 0 bridgehead atoms. The summed E-state index contributed by atoms with van der Waals surface area (Å²) in [6.07, 6.45) is 5.88. The third-order valence-corrected chi connectivity index (χ3v) is 4.59. The number of rotatable bonds is 5. The van der Waals surface area contributed by atoms with Crippen LogP contribution in [0.4, 0.5) is 5.69 Å². The second kappa shape index (κ2) is 7.27. The SMILES string of the molecule is CCCCn1ncc(N2CCCC(C(C)N)C2)c(Cl)c1=O. The van der Waals surface area contributed by atoms with Crippen LogP contribution in [-0.2, 0) is 6.54 Å². The van der Waals surface area contributed by atoms with Crippen LogP contribution < -0.4 is 16.2 Å². The maximum Gasteiger partial charge on any atom is 0.287 e. The number of nitrogens with two attached hydrogens (primary N) is 1. The van der Waals surface area contributed by atoms with Crippen LogP contribution in [0.25, 0.3) is 0 Å². The van der Waals surface area contributed by atoms with Gasteiger partial charge in [0.15, 0.2) is 0 Å². The molecule has 0 aliphatic carbocycles. The van der Waals surface area contributed by atoms with E-state index in [4.69, 9.17) is 17.3 Å². The van der Waals surface area contributed by atoms with Crippen LogP contribution in [0.15, 0.2) is 11.0 Å². The van der Waals surface area contributed by atoms with Crippen LogP contribution in [0.5, 0.6) is 0 Å². The minimum atomic E-state index is -0.189. The number of aryl methyl sites for hydroxylation is 1. The van der Waals surface area contributed by atoms with Crippen LogP contribution in [0.2, 0.25) is 5.02 Å². The zero-order valence-corrected chi connectivity index (χ0v) is 13.6. The number of piperidine rings is 1. The summed E-state index contributed by atoms with van der Waals surface area (Å²) in [4.78, 5) is 14.4. The highest BCUT2D eigenvalue weighted by molar-refractivity contribution is 6.33. The third kappa shape index (κ3) is 3.77. The molecule has 2 rings (SSSR count). The molecule has 0 spiro atoms. The lowest BCUT2D eigenvalue weighted by Crippen LogP contribution is -2.43. The molecule has 2 atom stereocenters. The quantitative estimate of drug-likeness (QED) is 0.906. The number of halogens is 1. The number of anilines is 1. The summed E-state index contributed by atoms with van der Waals surface area (Å²) in [5.41, 5.74) is 6.57. The van der Waals surface area contributed by atoms with E-state index >= 15 is 0 Å². The van der Waals surface area contributed by atoms with E-state index in [1.54, 1.807) is 6.20 Å². The number of hydrogen-bond acceptors (Lipinski definition) is 4. The molecule has 1 aliphatic rings. The molecule has 6 heteroatoms. The van der Waals surface area contributed by atoms with E-state index in [-0.39, 0.29) is 16.6 Å². The topological polar surface area (TPSA) is 64.2 Å². The Morgan fingerprint density at radius 2 is 2.33 bits per heavy atom. The number of aromatic nitrogens is 2. The fourth-order valence-corrected chi connectivity index (χ4v) is 3.07. The molecule has 118 valence electrons. The molecule has 0 amide bonds. The van der Waals surface area contributed by atoms with Crippen molar-refractivity contribution in [1.82, 2.24) is 9.78 Å². The smallest absolute Gasteiger partial charge is 0.287 e. The van der Waals surface area contributed by atoms with Crippen molar-refractivity contribution >= 4 is 17.3 Å². The molecule has 21 heavy (non-hydrogen) atoms. The third-order valence-electron chi connectivity index (χ3n) is 4.23. The molecular weight excluding hydrogens is 288 g/mol. The Bertz CT molecular complexity index is 529. The monoisotopic (exact) mass is 312 g/mol. The van der Waals surface area contributed by atoms with Gasteiger partial charge in [-0.15, -0.1) is 0 Å². The first kappa shape index (κ1) is 16.3. The molecule has 1 saturated heterocycles. The maximum absolute atomic E-state index is 12.3. The van der Waals surface area contributed by atoms with Gasteiger partial charge in [0.1, 0.15) is 5.02 Å². The Hall–Kier alpha value is -1.07. The predicted octanol–water partition coefficient (Wildman–Crippen LogP) is 2.26. The Morgan fingerprint density at radius 1 is 1.57 bits per heavy atom. The van der Waals surface area contributed by atoms with E-state index in [9.17, 15) is 4.79 Å². The Morgan fingerprint density at radius 3 is 3.00 bits per heavy atom. The van der Waals surface area contributed by atoms with Gasteiger partial charge in [0.25, 0.3) is 5.56 Å². The summed E-state index contributed by atoms with van der Waals surface area (Å²) in [5.74, 6) is 0.442. The lowest BCUT2D eigenvalue weighted by Gasteiger charge is -2.36. The largest absolute Gasteiger partial charge is 0.369 e. The van der Waals surface area contributed by atoms with Gasteiger partial charge in [0, 0.05) is 25.7 Å². The van der Waals surface area contributed by atoms with E-state index in [1.165, 1.54) is 4.68 Å². The van der Waals surface area contributed by atoms with Gasteiger partial charge in [-0.05, 0) is 32.1 Å². The normalized spacial score (nSPS) is 20.6. The Kier molecular flexibility index (Phi) is 5.65. The van der Waals surface area contributed by atoms with Crippen LogP contribution in [0, 0.1) is 5.92 Å². The molecular formula is C15H25ClN4O. The van der Waals surface area contributed by atoms with Gasteiger partial charge in [-0.25, -0.2) is 4.68 Å². The van der Waals surface area contributed by atoms with Gasteiger partial charge < -0.3 is 10.6 Å². The Balaban J connectivity index is 2.20. The number of unbranched alkanes of at least 4 members (excludes halogenated alkanes) is 1. The molecule has 0 saturated carbocycles. The van der Waals surface area contributed by atoms with Crippen molar-refractivity contribution in [3.8, 4) is 0 Å². The number of nitrogens with zero attached hydrogens (tertiary/aromatic N) is 3. The predicted molar refractivity (Wildman–Crippen MR) is 87.0 cm³/mol. The molecule has 5 nitrogen and oxygen atoms in total. The lowest BCUT2D eigenvalue weighted by atomic mass is 9.92. The van der Waals surface area contributed by atoms with Gasteiger partial charge in [0.2, 0.25) is 0 Å². The highest BCUT2D eigenvalue weighted by Crippen LogP contribution is 2.27. The van der Waals surface area contributed by atoms with E-state index in [0.29, 0.717) is 12.5 Å². The fraction of sp³-hybridized carbons (Fsp3) is 0.733. The average molecular weight is 313 g/mol. The maximum atomic E-state index is 12.3. The van der Waals surface area contributed by atoms with Crippen LogP contribution in [-0.4, -0.2) is 28.9 Å². The van der Waals surface area contributed by atoms with Crippen molar-refractivity contribution in [3.63, 3.8) is 0 Å².